The number of rotatable bonds is 28. The maximum absolute atomic E-state index is 12.1. The molecule has 0 amide bonds. The number of carbonyl (C=O) groups excluding carboxylic acids is 4. The van der Waals surface area contributed by atoms with Crippen LogP contribution in [0.3, 0.4) is 0 Å². The SMILES string of the molecule is O=COCCCCCCCCCCC(=O)OC(CCCCCCCCCCOC=O)COC=O. The third-order valence-corrected chi connectivity index (χ3v) is 5.72. The molecule has 0 aromatic heterocycles. The lowest BCUT2D eigenvalue weighted by Crippen LogP contribution is -2.23. The van der Waals surface area contributed by atoms with Crippen LogP contribution in [0.2, 0.25) is 0 Å². The summed E-state index contributed by atoms with van der Waals surface area (Å²) in [6, 6.07) is 0. The van der Waals surface area contributed by atoms with Gasteiger partial charge in [0.15, 0.2) is 0 Å². The summed E-state index contributed by atoms with van der Waals surface area (Å²) < 4.78 is 19.7. The summed E-state index contributed by atoms with van der Waals surface area (Å²) in [6.07, 6.45) is 17.7. The van der Waals surface area contributed by atoms with E-state index in [-0.39, 0.29) is 18.7 Å². The molecular weight excluding hydrogens is 440 g/mol. The molecule has 0 aliphatic carbocycles. The molecule has 0 spiro atoms. The third-order valence-electron chi connectivity index (χ3n) is 5.72. The second-order valence-corrected chi connectivity index (χ2v) is 8.67. The first kappa shape index (κ1) is 31.9. The van der Waals surface area contributed by atoms with E-state index in [4.69, 9.17) is 9.47 Å². The van der Waals surface area contributed by atoms with E-state index in [1.807, 2.05) is 0 Å². The van der Waals surface area contributed by atoms with Crippen LogP contribution in [0.1, 0.15) is 116 Å². The highest BCUT2D eigenvalue weighted by atomic mass is 16.6. The predicted molar refractivity (Wildman–Crippen MR) is 129 cm³/mol. The van der Waals surface area contributed by atoms with Crippen molar-refractivity contribution in [2.75, 3.05) is 19.8 Å². The van der Waals surface area contributed by atoms with Crippen LogP contribution in [0.5, 0.6) is 0 Å². The van der Waals surface area contributed by atoms with Crippen molar-refractivity contribution in [2.45, 2.75) is 122 Å². The minimum Gasteiger partial charge on any atom is -0.468 e. The monoisotopic (exact) mass is 486 g/mol. The number of unbranched alkanes of at least 4 members (excludes halogenated alkanes) is 14. The van der Waals surface area contributed by atoms with E-state index in [1.165, 1.54) is 12.8 Å². The maximum atomic E-state index is 12.1. The smallest absolute Gasteiger partial charge is 0.306 e. The van der Waals surface area contributed by atoms with Crippen LogP contribution in [-0.2, 0) is 38.1 Å². The first-order valence-electron chi connectivity index (χ1n) is 13.1. The number of carbonyl (C=O) groups is 4. The highest BCUT2D eigenvalue weighted by molar-refractivity contribution is 5.69. The molecule has 0 heterocycles. The number of esters is 1. The zero-order chi connectivity index (χ0) is 25.0. The molecule has 0 aliphatic rings. The van der Waals surface area contributed by atoms with Crippen molar-refractivity contribution in [3.8, 4) is 0 Å². The van der Waals surface area contributed by atoms with Crippen LogP contribution in [0.4, 0.5) is 0 Å². The second-order valence-electron chi connectivity index (χ2n) is 8.67. The minimum atomic E-state index is -0.362. The van der Waals surface area contributed by atoms with Gasteiger partial charge in [-0.1, -0.05) is 77.0 Å². The largest absolute Gasteiger partial charge is 0.468 e. The van der Waals surface area contributed by atoms with Gasteiger partial charge in [0.25, 0.3) is 19.4 Å². The molecule has 0 aliphatic heterocycles. The van der Waals surface area contributed by atoms with Crippen LogP contribution in [-0.4, -0.2) is 51.3 Å². The molecule has 1 atom stereocenters. The minimum absolute atomic E-state index is 0.121. The quantitative estimate of drug-likeness (QED) is 0.0623. The Bertz CT molecular complexity index is 483. The van der Waals surface area contributed by atoms with Gasteiger partial charge in [0.2, 0.25) is 0 Å². The van der Waals surface area contributed by atoms with Crippen LogP contribution in [0.25, 0.3) is 0 Å². The van der Waals surface area contributed by atoms with Crippen molar-refractivity contribution in [1.82, 2.24) is 0 Å². The average Bonchev–Trinajstić information content (AvgIpc) is 2.84. The van der Waals surface area contributed by atoms with E-state index < -0.39 is 0 Å². The molecule has 198 valence electrons. The predicted octanol–water partition coefficient (Wildman–Crippen LogP) is 5.44. The Kier molecular flexibility index (Phi) is 25.4. The van der Waals surface area contributed by atoms with Gasteiger partial charge in [-0.3, -0.25) is 19.2 Å². The number of ether oxygens (including phenoxy) is 4. The first-order valence-corrected chi connectivity index (χ1v) is 13.1. The van der Waals surface area contributed by atoms with Crippen LogP contribution >= 0.6 is 0 Å². The molecule has 0 saturated heterocycles. The fourth-order valence-electron chi connectivity index (χ4n) is 3.80. The molecule has 8 nitrogen and oxygen atoms in total. The fraction of sp³-hybridized carbons (Fsp3) is 0.846. The lowest BCUT2D eigenvalue weighted by atomic mass is 10.1. The highest BCUT2D eigenvalue weighted by Gasteiger charge is 2.15. The van der Waals surface area contributed by atoms with Crippen LogP contribution < -0.4 is 0 Å². The maximum Gasteiger partial charge on any atom is 0.306 e. The summed E-state index contributed by atoms with van der Waals surface area (Å²) >= 11 is 0. The molecular formula is C26H46O8. The summed E-state index contributed by atoms with van der Waals surface area (Å²) in [5.74, 6) is -0.215. The molecule has 34 heavy (non-hydrogen) atoms. The van der Waals surface area contributed by atoms with Crippen molar-refractivity contribution >= 4 is 25.4 Å². The Morgan fingerprint density at radius 3 is 1.41 bits per heavy atom. The van der Waals surface area contributed by atoms with Gasteiger partial charge in [-0.25, -0.2) is 0 Å². The van der Waals surface area contributed by atoms with Crippen molar-refractivity contribution in [3.05, 3.63) is 0 Å². The van der Waals surface area contributed by atoms with Crippen LogP contribution in [0, 0.1) is 0 Å². The van der Waals surface area contributed by atoms with Gasteiger partial charge < -0.3 is 18.9 Å². The normalized spacial score (nSPS) is 11.4. The van der Waals surface area contributed by atoms with Crippen molar-refractivity contribution in [2.24, 2.45) is 0 Å². The molecule has 0 fully saturated rings. The lowest BCUT2D eigenvalue weighted by molar-refractivity contribution is -0.155. The fourth-order valence-corrected chi connectivity index (χ4v) is 3.80. The lowest BCUT2D eigenvalue weighted by Gasteiger charge is -2.17. The molecule has 8 heteroatoms. The van der Waals surface area contributed by atoms with Gasteiger partial charge >= 0.3 is 5.97 Å². The van der Waals surface area contributed by atoms with Gasteiger partial charge in [-0.15, -0.1) is 0 Å². The van der Waals surface area contributed by atoms with E-state index in [0.29, 0.717) is 45.5 Å². The van der Waals surface area contributed by atoms with E-state index in [2.05, 4.69) is 9.47 Å². The molecule has 0 aromatic rings. The summed E-state index contributed by atoms with van der Waals surface area (Å²) in [5.41, 5.74) is 0. The Morgan fingerprint density at radius 2 is 0.941 bits per heavy atom. The van der Waals surface area contributed by atoms with Gasteiger partial charge in [0.1, 0.15) is 12.7 Å². The molecule has 0 bridgehead atoms. The summed E-state index contributed by atoms with van der Waals surface area (Å²) in [7, 11) is 0. The summed E-state index contributed by atoms with van der Waals surface area (Å²) in [4.78, 5) is 42.8. The second kappa shape index (κ2) is 27.1. The van der Waals surface area contributed by atoms with E-state index >= 15 is 0 Å². The Balaban J connectivity index is 3.69. The van der Waals surface area contributed by atoms with Crippen molar-refractivity contribution in [3.63, 3.8) is 0 Å². The molecule has 0 aromatic carbocycles. The topological polar surface area (TPSA) is 105 Å². The Morgan fingerprint density at radius 1 is 0.529 bits per heavy atom. The van der Waals surface area contributed by atoms with E-state index in [9.17, 15) is 19.2 Å². The summed E-state index contributed by atoms with van der Waals surface area (Å²) in [6.45, 7) is 2.52. The standard InChI is InChI=1S/C26H46O8/c27-22-31-19-15-11-7-3-1-5-9-13-17-25(21-33-24-29)34-26(30)18-14-10-6-2-4-8-12-16-20-32-23-28/h22-25H,1-21H2. The highest BCUT2D eigenvalue weighted by Crippen LogP contribution is 2.14. The van der Waals surface area contributed by atoms with Gasteiger partial charge in [0.05, 0.1) is 13.2 Å². The Labute approximate surface area is 205 Å². The number of hydrogen-bond acceptors (Lipinski definition) is 8. The number of hydrogen-bond donors (Lipinski definition) is 0. The van der Waals surface area contributed by atoms with E-state index in [1.54, 1.807) is 0 Å². The average molecular weight is 487 g/mol. The molecule has 0 N–H and O–H groups in total. The molecule has 1 unspecified atom stereocenters. The van der Waals surface area contributed by atoms with Crippen LogP contribution in [0.15, 0.2) is 0 Å². The van der Waals surface area contributed by atoms with Crippen molar-refractivity contribution < 1.29 is 38.1 Å². The molecule has 0 saturated carbocycles. The molecule has 0 radical (unpaired) electrons. The van der Waals surface area contributed by atoms with Gasteiger partial charge in [-0.05, 0) is 32.1 Å². The Hall–Kier alpha value is -2.12. The van der Waals surface area contributed by atoms with Crippen molar-refractivity contribution in [1.29, 1.82) is 0 Å². The third kappa shape index (κ3) is 24.5. The van der Waals surface area contributed by atoms with E-state index in [0.717, 1.165) is 89.9 Å². The molecule has 0 rings (SSSR count). The van der Waals surface area contributed by atoms with Gasteiger partial charge in [-0.2, -0.15) is 0 Å². The van der Waals surface area contributed by atoms with Gasteiger partial charge in [0, 0.05) is 6.42 Å². The summed E-state index contributed by atoms with van der Waals surface area (Å²) in [5, 5.41) is 0. The zero-order valence-electron chi connectivity index (χ0n) is 20.9. The zero-order valence-corrected chi connectivity index (χ0v) is 20.9. The first-order chi connectivity index (χ1) is 16.7.